The molecular formula is C18H24N4O4S. The molecule has 0 N–H and O–H groups in total. The van der Waals surface area contributed by atoms with Crippen molar-refractivity contribution in [3.63, 3.8) is 0 Å². The zero-order valence-corrected chi connectivity index (χ0v) is 16.8. The molecular weight excluding hydrogens is 368 g/mol. The number of sulfonamides is 1. The van der Waals surface area contributed by atoms with Crippen LogP contribution in [0.15, 0.2) is 27.5 Å². The molecule has 0 spiro atoms. The number of hydrogen-bond acceptors (Lipinski definition) is 6. The highest BCUT2D eigenvalue weighted by Gasteiger charge is 2.32. The second-order valence-corrected chi connectivity index (χ2v) is 8.98. The van der Waals surface area contributed by atoms with E-state index in [1.807, 2.05) is 33.8 Å². The predicted octanol–water partition coefficient (Wildman–Crippen LogP) is 1.96. The Balaban J connectivity index is 1.68. The van der Waals surface area contributed by atoms with Crippen molar-refractivity contribution in [2.75, 3.05) is 26.2 Å². The van der Waals surface area contributed by atoms with Crippen molar-refractivity contribution in [2.45, 2.75) is 38.5 Å². The predicted molar refractivity (Wildman–Crippen MR) is 99.0 cm³/mol. The van der Waals surface area contributed by atoms with Gasteiger partial charge in [-0.15, -0.1) is 10.2 Å². The summed E-state index contributed by atoms with van der Waals surface area (Å²) in [7, 11) is -3.58. The van der Waals surface area contributed by atoms with Crippen LogP contribution < -0.4 is 0 Å². The highest BCUT2D eigenvalue weighted by atomic mass is 32.2. The molecule has 27 heavy (non-hydrogen) atoms. The maximum absolute atomic E-state index is 12.9. The SMILES string of the molecule is Cc1ccc(S(=O)(=O)N2CCN(C(=O)c3nnc(C(C)C)o3)CC2)cc1C. The van der Waals surface area contributed by atoms with Gasteiger partial charge in [0.2, 0.25) is 15.9 Å². The molecule has 0 radical (unpaired) electrons. The molecule has 1 fully saturated rings. The Bertz CT molecular complexity index is 944. The second-order valence-electron chi connectivity index (χ2n) is 7.04. The van der Waals surface area contributed by atoms with Crippen LogP contribution in [0.5, 0.6) is 0 Å². The maximum Gasteiger partial charge on any atom is 0.311 e. The van der Waals surface area contributed by atoms with E-state index in [0.717, 1.165) is 11.1 Å². The van der Waals surface area contributed by atoms with E-state index < -0.39 is 10.0 Å². The Labute approximate surface area is 159 Å². The van der Waals surface area contributed by atoms with Gasteiger partial charge in [0.1, 0.15) is 0 Å². The lowest BCUT2D eigenvalue weighted by atomic mass is 10.1. The van der Waals surface area contributed by atoms with Gasteiger partial charge in [-0.3, -0.25) is 4.79 Å². The number of rotatable bonds is 4. The van der Waals surface area contributed by atoms with Gasteiger partial charge in [0.05, 0.1) is 4.90 Å². The third kappa shape index (κ3) is 3.89. The number of aromatic nitrogens is 2. The molecule has 1 aromatic carbocycles. The van der Waals surface area contributed by atoms with Crippen molar-refractivity contribution < 1.29 is 17.6 Å². The summed E-state index contributed by atoms with van der Waals surface area (Å²) < 4.78 is 32.5. The molecule has 9 heteroatoms. The average Bonchev–Trinajstić information content (AvgIpc) is 3.14. The Morgan fingerprint density at radius 1 is 1.07 bits per heavy atom. The Kier molecular flexibility index (Phi) is 5.34. The van der Waals surface area contributed by atoms with Crippen molar-refractivity contribution in [3.8, 4) is 0 Å². The van der Waals surface area contributed by atoms with Gasteiger partial charge >= 0.3 is 11.8 Å². The Morgan fingerprint density at radius 3 is 2.30 bits per heavy atom. The van der Waals surface area contributed by atoms with Crippen LogP contribution in [-0.4, -0.2) is 59.9 Å². The molecule has 0 unspecified atom stereocenters. The lowest BCUT2D eigenvalue weighted by Crippen LogP contribution is -2.50. The topological polar surface area (TPSA) is 96.6 Å². The van der Waals surface area contributed by atoms with E-state index in [9.17, 15) is 13.2 Å². The number of hydrogen-bond donors (Lipinski definition) is 0. The number of piperazine rings is 1. The summed E-state index contributed by atoms with van der Waals surface area (Å²) in [6.07, 6.45) is 0. The normalized spacial score (nSPS) is 16.1. The molecule has 2 aromatic rings. The van der Waals surface area contributed by atoms with E-state index in [0.29, 0.717) is 5.89 Å². The van der Waals surface area contributed by atoms with Crippen molar-refractivity contribution in [1.29, 1.82) is 0 Å². The summed E-state index contributed by atoms with van der Waals surface area (Å²) in [4.78, 5) is 14.3. The number of nitrogens with zero attached hydrogens (tertiary/aromatic N) is 4. The first-order valence-corrected chi connectivity index (χ1v) is 10.3. The smallest absolute Gasteiger partial charge is 0.311 e. The molecule has 146 valence electrons. The molecule has 1 saturated heterocycles. The van der Waals surface area contributed by atoms with Crippen LogP contribution in [0.1, 0.15) is 47.5 Å². The van der Waals surface area contributed by atoms with E-state index in [1.165, 1.54) is 4.31 Å². The summed E-state index contributed by atoms with van der Waals surface area (Å²) in [6.45, 7) is 8.65. The number of aryl methyl sites for hydroxylation is 2. The molecule has 1 aliphatic rings. The largest absolute Gasteiger partial charge is 0.417 e. The first kappa shape index (κ1) is 19.5. The first-order chi connectivity index (χ1) is 12.7. The second kappa shape index (κ2) is 7.40. The summed E-state index contributed by atoms with van der Waals surface area (Å²) in [5.74, 6) is 0.0371. The lowest BCUT2D eigenvalue weighted by molar-refractivity contribution is 0.0655. The number of benzene rings is 1. The molecule has 0 bridgehead atoms. The molecule has 3 rings (SSSR count). The van der Waals surface area contributed by atoms with Gasteiger partial charge in [-0.05, 0) is 37.1 Å². The van der Waals surface area contributed by atoms with Crippen molar-refractivity contribution in [1.82, 2.24) is 19.4 Å². The third-order valence-electron chi connectivity index (χ3n) is 4.76. The Morgan fingerprint density at radius 2 is 1.74 bits per heavy atom. The van der Waals surface area contributed by atoms with E-state index in [-0.39, 0.29) is 48.8 Å². The van der Waals surface area contributed by atoms with Gasteiger partial charge in [-0.2, -0.15) is 4.31 Å². The third-order valence-corrected chi connectivity index (χ3v) is 6.65. The summed E-state index contributed by atoms with van der Waals surface area (Å²) in [5.41, 5.74) is 1.98. The first-order valence-electron chi connectivity index (χ1n) is 8.90. The molecule has 1 aliphatic heterocycles. The number of carbonyl (C=O) groups is 1. The van der Waals surface area contributed by atoms with E-state index in [4.69, 9.17) is 4.42 Å². The van der Waals surface area contributed by atoms with Crippen molar-refractivity contribution in [2.24, 2.45) is 0 Å². The van der Waals surface area contributed by atoms with Crippen molar-refractivity contribution >= 4 is 15.9 Å². The molecule has 0 aliphatic carbocycles. The Hall–Kier alpha value is -2.26. The van der Waals surface area contributed by atoms with Crippen LogP contribution in [0, 0.1) is 13.8 Å². The highest BCUT2D eigenvalue weighted by Crippen LogP contribution is 2.21. The van der Waals surface area contributed by atoms with E-state index in [1.54, 1.807) is 17.0 Å². The van der Waals surface area contributed by atoms with Crippen molar-refractivity contribution in [3.05, 3.63) is 41.1 Å². The number of carbonyl (C=O) groups excluding carboxylic acids is 1. The van der Waals surface area contributed by atoms with Crippen LogP contribution in [0.4, 0.5) is 0 Å². The van der Waals surface area contributed by atoms with Crippen LogP contribution in [-0.2, 0) is 10.0 Å². The fourth-order valence-electron chi connectivity index (χ4n) is 2.84. The lowest BCUT2D eigenvalue weighted by Gasteiger charge is -2.33. The van der Waals surface area contributed by atoms with Gasteiger partial charge in [0.25, 0.3) is 0 Å². The minimum absolute atomic E-state index is 0.0407. The summed E-state index contributed by atoms with van der Waals surface area (Å²) in [6, 6.07) is 5.12. The molecule has 1 aromatic heterocycles. The molecule has 0 saturated carbocycles. The van der Waals surface area contributed by atoms with Crippen LogP contribution in [0.2, 0.25) is 0 Å². The maximum atomic E-state index is 12.9. The van der Waals surface area contributed by atoms with Crippen LogP contribution in [0.25, 0.3) is 0 Å². The van der Waals surface area contributed by atoms with Crippen LogP contribution >= 0.6 is 0 Å². The minimum Gasteiger partial charge on any atom is -0.417 e. The quantitative estimate of drug-likeness (QED) is 0.789. The zero-order chi connectivity index (χ0) is 19.8. The molecule has 1 amide bonds. The van der Waals surface area contributed by atoms with Gasteiger partial charge in [-0.1, -0.05) is 19.9 Å². The summed E-state index contributed by atoms with van der Waals surface area (Å²) in [5, 5.41) is 7.68. The molecule has 2 heterocycles. The van der Waals surface area contributed by atoms with E-state index >= 15 is 0 Å². The van der Waals surface area contributed by atoms with Gasteiger partial charge in [-0.25, -0.2) is 8.42 Å². The fourth-order valence-corrected chi connectivity index (χ4v) is 4.35. The molecule has 0 atom stereocenters. The van der Waals surface area contributed by atoms with Gasteiger partial charge in [0, 0.05) is 32.1 Å². The minimum atomic E-state index is -3.58. The molecule has 8 nitrogen and oxygen atoms in total. The standard InChI is InChI=1S/C18H24N4O4S/c1-12(2)16-19-20-17(26-16)18(23)21-7-9-22(10-8-21)27(24,25)15-6-5-13(3)14(4)11-15/h5-6,11-12H,7-10H2,1-4H3. The van der Waals surface area contributed by atoms with Gasteiger partial charge < -0.3 is 9.32 Å². The monoisotopic (exact) mass is 392 g/mol. The fraction of sp³-hybridized carbons (Fsp3) is 0.500. The number of amides is 1. The zero-order valence-electron chi connectivity index (χ0n) is 16.0. The van der Waals surface area contributed by atoms with E-state index in [2.05, 4.69) is 10.2 Å². The van der Waals surface area contributed by atoms with Crippen LogP contribution in [0.3, 0.4) is 0 Å². The van der Waals surface area contributed by atoms with Gasteiger partial charge in [0.15, 0.2) is 0 Å². The highest BCUT2D eigenvalue weighted by molar-refractivity contribution is 7.89. The average molecular weight is 392 g/mol. The summed E-state index contributed by atoms with van der Waals surface area (Å²) >= 11 is 0.